The first-order valence-corrected chi connectivity index (χ1v) is 12.8. The van der Waals surface area contributed by atoms with Gasteiger partial charge >= 0.3 is 0 Å². The zero-order valence-electron chi connectivity index (χ0n) is 18.5. The summed E-state index contributed by atoms with van der Waals surface area (Å²) in [6.45, 7) is 3.22. The fraction of sp³-hybridized carbons (Fsp3) is 0.364. The summed E-state index contributed by atoms with van der Waals surface area (Å²) < 4.78 is 53.4. The maximum Gasteiger partial charge on any atom is 0.244 e. The van der Waals surface area contributed by atoms with Crippen molar-refractivity contribution >= 4 is 43.5 Å². The van der Waals surface area contributed by atoms with Crippen LogP contribution in [-0.4, -0.2) is 50.5 Å². The Morgan fingerprint density at radius 3 is 2.27 bits per heavy atom. The number of hydrogen-bond donors (Lipinski definition) is 1. The third-order valence-corrected chi connectivity index (χ3v) is 6.52. The largest absolute Gasteiger partial charge is 0.354 e. The topological polar surface area (TPSA) is 86.8 Å². The van der Waals surface area contributed by atoms with Crippen molar-refractivity contribution in [2.24, 2.45) is 0 Å². The highest BCUT2D eigenvalue weighted by Gasteiger charge is 2.30. The van der Waals surface area contributed by atoms with Crippen molar-refractivity contribution in [3.63, 3.8) is 0 Å². The van der Waals surface area contributed by atoms with Crippen LogP contribution in [0.25, 0.3) is 0 Å². The molecule has 2 amide bonds. The van der Waals surface area contributed by atoms with E-state index >= 15 is 0 Å². The molecule has 2 rings (SSSR count). The Kier molecular flexibility index (Phi) is 9.35. The highest BCUT2D eigenvalue weighted by molar-refractivity contribution is 9.10. The molecule has 1 atom stereocenters. The van der Waals surface area contributed by atoms with E-state index in [1.807, 2.05) is 6.92 Å². The zero-order valence-corrected chi connectivity index (χ0v) is 20.9. The minimum absolute atomic E-state index is 0.0439. The summed E-state index contributed by atoms with van der Waals surface area (Å²) in [7, 11) is -4.02. The van der Waals surface area contributed by atoms with Crippen molar-refractivity contribution in [2.75, 3.05) is 23.7 Å². The molecule has 0 heterocycles. The monoisotopic (exact) mass is 545 g/mol. The fourth-order valence-electron chi connectivity index (χ4n) is 3.02. The van der Waals surface area contributed by atoms with E-state index in [2.05, 4.69) is 21.2 Å². The number of nitrogens with one attached hydrogen (secondary N) is 1. The second-order valence-corrected chi connectivity index (χ2v) is 10.3. The third-order valence-electron chi connectivity index (χ3n) is 4.85. The Bertz CT molecular complexity index is 1100. The summed E-state index contributed by atoms with van der Waals surface area (Å²) in [6.07, 6.45) is 1.56. The van der Waals surface area contributed by atoms with Gasteiger partial charge in [-0.15, -0.1) is 0 Å². The average Bonchev–Trinajstić information content (AvgIpc) is 2.76. The Hall–Kier alpha value is -2.53. The summed E-state index contributed by atoms with van der Waals surface area (Å²) >= 11 is 3.34. The predicted molar refractivity (Wildman–Crippen MR) is 126 cm³/mol. The van der Waals surface area contributed by atoms with E-state index in [-0.39, 0.29) is 18.1 Å². The lowest BCUT2D eigenvalue weighted by Gasteiger charge is -2.31. The first-order valence-electron chi connectivity index (χ1n) is 10.2. The van der Waals surface area contributed by atoms with Crippen LogP contribution in [0, 0.1) is 11.6 Å². The van der Waals surface area contributed by atoms with Crippen LogP contribution in [0.3, 0.4) is 0 Å². The van der Waals surface area contributed by atoms with Crippen molar-refractivity contribution in [1.29, 1.82) is 0 Å². The van der Waals surface area contributed by atoms with Gasteiger partial charge in [0.05, 0.1) is 11.9 Å². The van der Waals surface area contributed by atoms with Gasteiger partial charge in [0.25, 0.3) is 0 Å². The van der Waals surface area contributed by atoms with E-state index in [9.17, 15) is 26.8 Å². The standard InChI is InChI=1S/C22H26BrF2N3O4S/c1-4-11-26-22(30)15(2)27(13-16-5-7-17(23)8-6-16)21(29)14-28(33(3,31)32)18-9-10-19(24)20(25)12-18/h5-10,12,15H,4,11,13-14H2,1-3H3,(H,26,30). The first kappa shape index (κ1) is 26.7. The van der Waals surface area contributed by atoms with E-state index in [0.29, 0.717) is 23.3 Å². The number of carbonyl (C=O) groups is 2. The Labute approximate surface area is 200 Å². The summed E-state index contributed by atoms with van der Waals surface area (Å²) in [5, 5.41) is 2.73. The van der Waals surface area contributed by atoms with Gasteiger partial charge in [-0.3, -0.25) is 13.9 Å². The molecular weight excluding hydrogens is 520 g/mol. The van der Waals surface area contributed by atoms with Gasteiger partial charge in [-0.25, -0.2) is 17.2 Å². The van der Waals surface area contributed by atoms with E-state index in [0.717, 1.165) is 28.4 Å². The van der Waals surface area contributed by atoms with E-state index in [1.54, 1.807) is 31.2 Å². The summed E-state index contributed by atoms with van der Waals surface area (Å²) in [4.78, 5) is 27.1. The molecule has 180 valence electrons. The number of carbonyl (C=O) groups excluding carboxylic acids is 2. The molecule has 0 bridgehead atoms. The minimum atomic E-state index is -4.02. The molecule has 1 unspecified atom stereocenters. The molecule has 7 nitrogen and oxygen atoms in total. The first-order chi connectivity index (χ1) is 15.4. The molecule has 0 spiro atoms. The second-order valence-electron chi connectivity index (χ2n) is 7.48. The lowest BCUT2D eigenvalue weighted by molar-refractivity contribution is -0.139. The number of anilines is 1. The molecule has 2 aromatic carbocycles. The van der Waals surface area contributed by atoms with Gasteiger partial charge in [0.15, 0.2) is 11.6 Å². The van der Waals surface area contributed by atoms with Gasteiger partial charge in [-0.05, 0) is 43.2 Å². The molecule has 0 saturated heterocycles. The van der Waals surface area contributed by atoms with Gasteiger partial charge in [0.1, 0.15) is 12.6 Å². The van der Waals surface area contributed by atoms with Crippen LogP contribution in [0.1, 0.15) is 25.8 Å². The Morgan fingerprint density at radius 2 is 1.73 bits per heavy atom. The molecule has 0 aromatic heterocycles. The smallest absolute Gasteiger partial charge is 0.244 e. The molecule has 1 N–H and O–H groups in total. The van der Waals surface area contributed by atoms with Crippen LogP contribution in [0.5, 0.6) is 0 Å². The normalized spacial score (nSPS) is 12.2. The average molecular weight is 546 g/mol. The van der Waals surface area contributed by atoms with Gasteiger partial charge in [-0.2, -0.15) is 0 Å². The molecule has 0 fully saturated rings. The minimum Gasteiger partial charge on any atom is -0.354 e. The number of sulfonamides is 1. The van der Waals surface area contributed by atoms with Crippen molar-refractivity contribution in [3.05, 3.63) is 64.1 Å². The van der Waals surface area contributed by atoms with Crippen molar-refractivity contribution in [2.45, 2.75) is 32.9 Å². The number of benzene rings is 2. The van der Waals surface area contributed by atoms with E-state index in [4.69, 9.17) is 0 Å². The summed E-state index contributed by atoms with van der Waals surface area (Å²) in [5.74, 6) is -3.45. The van der Waals surface area contributed by atoms with Crippen LogP contribution in [0.4, 0.5) is 14.5 Å². The highest BCUT2D eigenvalue weighted by Crippen LogP contribution is 2.22. The molecule has 0 radical (unpaired) electrons. The maximum atomic E-state index is 13.7. The lowest BCUT2D eigenvalue weighted by atomic mass is 10.1. The van der Waals surface area contributed by atoms with Crippen LogP contribution in [0.15, 0.2) is 46.9 Å². The van der Waals surface area contributed by atoms with Crippen molar-refractivity contribution < 1.29 is 26.8 Å². The number of rotatable bonds is 10. The van der Waals surface area contributed by atoms with Gasteiger partial charge in [0, 0.05) is 23.6 Å². The van der Waals surface area contributed by atoms with Gasteiger partial charge in [0.2, 0.25) is 21.8 Å². The van der Waals surface area contributed by atoms with Crippen LogP contribution in [-0.2, 0) is 26.2 Å². The molecule has 0 saturated carbocycles. The molecule has 33 heavy (non-hydrogen) atoms. The number of hydrogen-bond acceptors (Lipinski definition) is 4. The molecule has 11 heteroatoms. The number of nitrogens with zero attached hydrogens (tertiary/aromatic N) is 2. The molecule has 0 aliphatic heterocycles. The molecule has 2 aromatic rings. The fourth-order valence-corrected chi connectivity index (χ4v) is 4.12. The van der Waals surface area contributed by atoms with Gasteiger partial charge in [-0.1, -0.05) is 35.0 Å². The van der Waals surface area contributed by atoms with Crippen LogP contribution < -0.4 is 9.62 Å². The van der Waals surface area contributed by atoms with E-state index in [1.165, 1.54) is 4.90 Å². The molecule has 0 aliphatic rings. The second kappa shape index (κ2) is 11.6. The third kappa shape index (κ3) is 7.50. The molecule has 0 aliphatic carbocycles. The number of halogens is 3. The number of amides is 2. The summed E-state index contributed by atoms with van der Waals surface area (Å²) in [5.41, 5.74) is 0.525. The van der Waals surface area contributed by atoms with Crippen molar-refractivity contribution in [3.8, 4) is 0 Å². The van der Waals surface area contributed by atoms with Gasteiger partial charge < -0.3 is 10.2 Å². The maximum absolute atomic E-state index is 13.7. The highest BCUT2D eigenvalue weighted by atomic mass is 79.9. The quantitative estimate of drug-likeness (QED) is 0.495. The lowest BCUT2D eigenvalue weighted by Crippen LogP contribution is -2.51. The predicted octanol–water partition coefficient (Wildman–Crippen LogP) is 3.44. The van der Waals surface area contributed by atoms with E-state index < -0.39 is 40.2 Å². The molecular formula is C22H26BrF2N3O4S. The van der Waals surface area contributed by atoms with Crippen LogP contribution >= 0.6 is 15.9 Å². The zero-order chi connectivity index (χ0) is 24.8. The van der Waals surface area contributed by atoms with Crippen LogP contribution in [0.2, 0.25) is 0 Å². The summed E-state index contributed by atoms with van der Waals surface area (Å²) in [6, 6.07) is 8.76. The van der Waals surface area contributed by atoms with Crippen molar-refractivity contribution in [1.82, 2.24) is 10.2 Å². The Morgan fingerprint density at radius 1 is 1.09 bits per heavy atom. The Balaban J connectivity index is 2.38. The SMILES string of the molecule is CCCNC(=O)C(C)N(Cc1ccc(Br)cc1)C(=O)CN(c1ccc(F)c(F)c1)S(C)(=O)=O.